The molecule has 0 saturated heterocycles. The predicted molar refractivity (Wildman–Crippen MR) is 82.6 cm³/mol. The Morgan fingerprint density at radius 3 is 2.71 bits per heavy atom. The summed E-state index contributed by atoms with van der Waals surface area (Å²) in [5.41, 5.74) is 1.43. The third-order valence-electron chi connectivity index (χ3n) is 3.05. The van der Waals surface area contributed by atoms with Crippen LogP contribution < -0.4 is 5.32 Å². The number of nitrogens with one attached hydrogen (secondary N) is 1. The van der Waals surface area contributed by atoms with E-state index in [9.17, 15) is 4.79 Å². The Labute approximate surface area is 128 Å². The molecule has 0 spiro atoms. The molecule has 0 atom stereocenters. The van der Waals surface area contributed by atoms with Crippen LogP contribution in [0.1, 0.15) is 67.5 Å². The summed E-state index contributed by atoms with van der Waals surface area (Å²) in [6.07, 6.45) is 1.31. The predicted octanol–water partition coefficient (Wildman–Crippen LogP) is 3.48. The summed E-state index contributed by atoms with van der Waals surface area (Å²) < 4.78 is 5.26. The minimum absolute atomic E-state index is 0.0235. The number of thiazole rings is 1. The standard InChI is InChI=1S/C15H21N3O2S/c1-9(2)13-12(17-8-20-13)14(19)16-6-11-18-10(7-21-11)15(3,4)5/h7-9H,6H2,1-5H3,(H,16,19). The van der Waals surface area contributed by atoms with Crippen LogP contribution in [-0.2, 0) is 12.0 Å². The van der Waals surface area contributed by atoms with E-state index < -0.39 is 0 Å². The van der Waals surface area contributed by atoms with Crippen molar-refractivity contribution < 1.29 is 9.21 Å². The molecule has 2 heterocycles. The normalized spacial score (nSPS) is 11.9. The molecular formula is C15H21N3O2S. The number of hydrogen-bond acceptors (Lipinski definition) is 5. The van der Waals surface area contributed by atoms with E-state index in [0.717, 1.165) is 10.7 Å². The molecule has 0 aliphatic heterocycles. The third kappa shape index (κ3) is 3.69. The van der Waals surface area contributed by atoms with Crippen molar-refractivity contribution in [2.45, 2.75) is 52.5 Å². The van der Waals surface area contributed by atoms with Gasteiger partial charge >= 0.3 is 0 Å². The molecule has 0 aliphatic rings. The van der Waals surface area contributed by atoms with E-state index >= 15 is 0 Å². The van der Waals surface area contributed by atoms with Gasteiger partial charge < -0.3 is 9.73 Å². The first-order valence-corrected chi connectivity index (χ1v) is 7.83. The van der Waals surface area contributed by atoms with E-state index in [2.05, 4.69) is 36.1 Å². The lowest BCUT2D eigenvalue weighted by Crippen LogP contribution is -2.24. The van der Waals surface area contributed by atoms with Crippen molar-refractivity contribution in [1.29, 1.82) is 0 Å². The summed E-state index contributed by atoms with van der Waals surface area (Å²) in [5, 5.41) is 5.78. The van der Waals surface area contributed by atoms with Crippen molar-refractivity contribution in [3.05, 3.63) is 33.9 Å². The van der Waals surface area contributed by atoms with Crippen LogP contribution >= 0.6 is 11.3 Å². The van der Waals surface area contributed by atoms with Gasteiger partial charge in [-0.2, -0.15) is 0 Å². The van der Waals surface area contributed by atoms with Crippen molar-refractivity contribution in [3.8, 4) is 0 Å². The molecule has 2 aromatic heterocycles. The van der Waals surface area contributed by atoms with E-state index in [0.29, 0.717) is 18.0 Å². The van der Waals surface area contributed by atoms with E-state index in [1.165, 1.54) is 6.39 Å². The topological polar surface area (TPSA) is 68.0 Å². The quantitative estimate of drug-likeness (QED) is 0.939. The fraction of sp³-hybridized carbons (Fsp3) is 0.533. The average Bonchev–Trinajstić information content (AvgIpc) is 3.04. The SMILES string of the molecule is CC(C)c1ocnc1C(=O)NCc1nc(C(C)(C)C)cs1. The molecule has 1 amide bonds. The molecule has 5 nitrogen and oxygen atoms in total. The second kappa shape index (κ2) is 5.97. The lowest BCUT2D eigenvalue weighted by atomic mass is 9.93. The number of nitrogens with zero attached hydrogens (tertiary/aromatic N) is 2. The van der Waals surface area contributed by atoms with Crippen molar-refractivity contribution in [3.63, 3.8) is 0 Å². The van der Waals surface area contributed by atoms with E-state index in [1.807, 2.05) is 19.2 Å². The highest BCUT2D eigenvalue weighted by atomic mass is 32.1. The molecule has 0 unspecified atom stereocenters. The van der Waals surface area contributed by atoms with Gasteiger partial charge in [0.05, 0.1) is 12.2 Å². The highest BCUT2D eigenvalue weighted by molar-refractivity contribution is 7.09. The van der Waals surface area contributed by atoms with Crippen molar-refractivity contribution in [1.82, 2.24) is 15.3 Å². The Morgan fingerprint density at radius 2 is 2.14 bits per heavy atom. The second-order valence-electron chi connectivity index (χ2n) is 6.28. The molecule has 0 aromatic carbocycles. The zero-order valence-corrected chi connectivity index (χ0v) is 13.9. The monoisotopic (exact) mass is 307 g/mol. The number of carbonyl (C=O) groups excluding carboxylic acids is 1. The maximum absolute atomic E-state index is 12.2. The first-order chi connectivity index (χ1) is 9.79. The maximum Gasteiger partial charge on any atom is 0.273 e. The Morgan fingerprint density at radius 1 is 1.43 bits per heavy atom. The summed E-state index contributed by atoms with van der Waals surface area (Å²) in [4.78, 5) is 20.7. The Bertz CT molecular complexity index is 623. The van der Waals surface area contributed by atoms with E-state index in [4.69, 9.17) is 4.42 Å². The van der Waals surface area contributed by atoms with E-state index in [-0.39, 0.29) is 17.2 Å². The molecule has 0 aliphatic carbocycles. The Balaban J connectivity index is 2.01. The average molecular weight is 307 g/mol. The van der Waals surface area contributed by atoms with Gasteiger partial charge in [-0.3, -0.25) is 4.79 Å². The smallest absolute Gasteiger partial charge is 0.273 e. The summed E-state index contributed by atoms with van der Waals surface area (Å²) in [6, 6.07) is 0. The van der Waals surface area contributed by atoms with Crippen LogP contribution in [0.4, 0.5) is 0 Å². The number of aromatic nitrogens is 2. The minimum atomic E-state index is -0.222. The zero-order valence-electron chi connectivity index (χ0n) is 13.1. The number of carbonyl (C=O) groups is 1. The van der Waals surface area contributed by atoms with Gasteiger partial charge in [0.25, 0.3) is 5.91 Å². The number of hydrogen-bond donors (Lipinski definition) is 1. The first-order valence-electron chi connectivity index (χ1n) is 6.95. The number of oxazole rings is 1. The van der Waals surface area contributed by atoms with Crippen LogP contribution in [0.5, 0.6) is 0 Å². The fourth-order valence-corrected chi connectivity index (χ4v) is 2.77. The molecule has 2 rings (SSSR count). The van der Waals surface area contributed by atoms with Gasteiger partial charge in [-0.1, -0.05) is 34.6 Å². The molecule has 2 aromatic rings. The van der Waals surface area contributed by atoms with Crippen molar-refractivity contribution in [2.24, 2.45) is 0 Å². The molecule has 21 heavy (non-hydrogen) atoms. The van der Waals surface area contributed by atoms with Gasteiger partial charge in [-0.25, -0.2) is 9.97 Å². The Kier molecular flexibility index (Phi) is 4.46. The minimum Gasteiger partial charge on any atom is -0.447 e. The number of amides is 1. The highest BCUT2D eigenvalue weighted by Gasteiger charge is 2.20. The largest absolute Gasteiger partial charge is 0.447 e. The van der Waals surface area contributed by atoms with Gasteiger partial charge in [-0.05, 0) is 0 Å². The molecule has 1 N–H and O–H groups in total. The van der Waals surface area contributed by atoms with E-state index in [1.54, 1.807) is 11.3 Å². The van der Waals surface area contributed by atoms with Crippen LogP contribution in [0.15, 0.2) is 16.2 Å². The van der Waals surface area contributed by atoms with Gasteiger partial charge in [0.2, 0.25) is 0 Å². The summed E-state index contributed by atoms with van der Waals surface area (Å²) in [6.45, 7) is 10.7. The van der Waals surface area contributed by atoms with Crippen LogP contribution in [0.3, 0.4) is 0 Å². The lowest BCUT2D eigenvalue weighted by Gasteiger charge is -2.14. The molecular weight excluding hydrogens is 286 g/mol. The molecule has 0 radical (unpaired) electrons. The van der Waals surface area contributed by atoms with Crippen LogP contribution in [-0.4, -0.2) is 15.9 Å². The van der Waals surface area contributed by atoms with Gasteiger partial charge in [0, 0.05) is 16.7 Å². The van der Waals surface area contributed by atoms with Crippen LogP contribution in [0.25, 0.3) is 0 Å². The molecule has 0 fully saturated rings. The van der Waals surface area contributed by atoms with Crippen LogP contribution in [0.2, 0.25) is 0 Å². The molecule has 0 bridgehead atoms. The third-order valence-corrected chi connectivity index (χ3v) is 3.90. The van der Waals surface area contributed by atoms with Gasteiger partial charge in [-0.15, -0.1) is 11.3 Å². The second-order valence-corrected chi connectivity index (χ2v) is 7.22. The van der Waals surface area contributed by atoms with Crippen molar-refractivity contribution >= 4 is 17.2 Å². The Hall–Kier alpha value is -1.69. The maximum atomic E-state index is 12.2. The first kappa shape index (κ1) is 15.7. The highest BCUT2D eigenvalue weighted by Crippen LogP contribution is 2.24. The van der Waals surface area contributed by atoms with Gasteiger partial charge in [0.15, 0.2) is 12.1 Å². The lowest BCUT2D eigenvalue weighted by molar-refractivity contribution is 0.0944. The zero-order chi connectivity index (χ0) is 15.6. The summed E-state index contributed by atoms with van der Waals surface area (Å²) in [7, 11) is 0. The van der Waals surface area contributed by atoms with Gasteiger partial charge in [0.1, 0.15) is 10.8 Å². The molecule has 114 valence electrons. The summed E-state index contributed by atoms with van der Waals surface area (Å²) >= 11 is 1.56. The summed E-state index contributed by atoms with van der Waals surface area (Å²) in [5.74, 6) is 0.516. The molecule has 6 heteroatoms. The van der Waals surface area contributed by atoms with Crippen LogP contribution in [0, 0.1) is 0 Å². The van der Waals surface area contributed by atoms with Crippen molar-refractivity contribution in [2.75, 3.05) is 0 Å². The fourth-order valence-electron chi connectivity index (χ4n) is 1.81. The molecule has 0 saturated carbocycles. The number of rotatable bonds is 4.